The Labute approximate surface area is 185 Å². The normalized spacial score (nSPS) is 15.4. The Bertz CT molecular complexity index is 1450. The lowest BCUT2D eigenvalue weighted by Gasteiger charge is -2.26. The number of fused-ring (bicyclic) bond motifs is 3. The molecule has 3 N–H and O–H groups in total. The van der Waals surface area contributed by atoms with Gasteiger partial charge in [-0.3, -0.25) is 9.59 Å². The van der Waals surface area contributed by atoms with Gasteiger partial charge in [0.15, 0.2) is 5.43 Å². The molecule has 0 spiro atoms. The molecule has 1 aliphatic rings. The molecule has 1 atom stereocenters. The van der Waals surface area contributed by atoms with Crippen molar-refractivity contribution < 1.29 is 29.3 Å². The first-order valence-corrected chi connectivity index (χ1v) is 10.0. The van der Waals surface area contributed by atoms with Gasteiger partial charge in [0.1, 0.15) is 39.7 Å². The Morgan fingerprint density at radius 2 is 1.66 bits per heavy atom. The standard InChI is InChI=1S/C24H15ClO7/c25-15-7-12(3-6-16(15)27)14-8-21(30)31-20-10-18(29)23-17(28)9-19(32-24(23)22(14)20)11-1-4-13(26)5-2-11/h1-7,9-10,14,26-27,29H,8H2. The third kappa shape index (κ3) is 3.23. The topological polar surface area (TPSA) is 117 Å². The van der Waals surface area contributed by atoms with Gasteiger partial charge >= 0.3 is 5.97 Å². The molecule has 8 heteroatoms. The van der Waals surface area contributed by atoms with Crippen LogP contribution in [-0.4, -0.2) is 21.3 Å². The maximum absolute atomic E-state index is 12.9. The molecule has 0 aliphatic carbocycles. The number of rotatable bonds is 2. The van der Waals surface area contributed by atoms with Crippen LogP contribution < -0.4 is 10.2 Å². The van der Waals surface area contributed by atoms with Crippen LogP contribution in [0.1, 0.15) is 23.5 Å². The van der Waals surface area contributed by atoms with Crippen molar-refractivity contribution in [3.63, 3.8) is 0 Å². The van der Waals surface area contributed by atoms with Crippen LogP contribution in [0.5, 0.6) is 23.0 Å². The average Bonchev–Trinajstić information content (AvgIpc) is 2.75. The molecule has 5 rings (SSSR count). The number of phenols is 3. The highest BCUT2D eigenvalue weighted by atomic mass is 35.5. The summed E-state index contributed by atoms with van der Waals surface area (Å²) in [6.07, 6.45) is -0.0544. The molecular weight excluding hydrogens is 436 g/mol. The fourth-order valence-corrected chi connectivity index (χ4v) is 4.14. The van der Waals surface area contributed by atoms with E-state index in [1.54, 1.807) is 18.2 Å². The molecule has 0 fully saturated rings. The molecule has 1 aromatic heterocycles. The predicted octanol–water partition coefficient (Wildman–Crippen LogP) is 4.67. The van der Waals surface area contributed by atoms with E-state index in [0.29, 0.717) is 16.7 Å². The highest BCUT2D eigenvalue weighted by molar-refractivity contribution is 6.32. The molecule has 1 unspecified atom stereocenters. The number of aromatic hydroxyl groups is 3. The smallest absolute Gasteiger partial charge is 0.312 e. The number of hydrogen-bond acceptors (Lipinski definition) is 7. The van der Waals surface area contributed by atoms with Crippen molar-refractivity contribution in [1.82, 2.24) is 0 Å². The molecule has 0 saturated heterocycles. The average molecular weight is 451 g/mol. The van der Waals surface area contributed by atoms with E-state index in [-0.39, 0.29) is 51.2 Å². The monoisotopic (exact) mass is 450 g/mol. The van der Waals surface area contributed by atoms with Gasteiger partial charge in [-0.25, -0.2) is 0 Å². The molecule has 4 aromatic rings. The van der Waals surface area contributed by atoms with E-state index in [4.69, 9.17) is 20.8 Å². The highest BCUT2D eigenvalue weighted by Crippen LogP contribution is 2.46. The number of carbonyl (C=O) groups excluding carboxylic acids is 1. The summed E-state index contributed by atoms with van der Waals surface area (Å²) in [5.41, 5.74) is 1.16. The molecule has 3 aromatic carbocycles. The van der Waals surface area contributed by atoms with Crippen molar-refractivity contribution in [3.8, 4) is 34.3 Å². The molecule has 0 saturated carbocycles. The summed E-state index contributed by atoms with van der Waals surface area (Å²) in [6, 6.07) is 13.1. The number of carbonyl (C=O) groups is 1. The predicted molar refractivity (Wildman–Crippen MR) is 116 cm³/mol. The molecule has 0 radical (unpaired) electrons. The molecule has 1 aliphatic heterocycles. The Balaban J connectivity index is 1.81. The zero-order chi connectivity index (χ0) is 22.6. The second kappa shape index (κ2) is 7.32. The first-order chi connectivity index (χ1) is 15.3. The van der Waals surface area contributed by atoms with Gasteiger partial charge < -0.3 is 24.5 Å². The Kier molecular flexibility index (Phi) is 4.56. The summed E-state index contributed by atoms with van der Waals surface area (Å²) in [4.78, 5) is 25.2. The molecule has 0 amide bonds. The third-order valence-corrected chi connectivity index (χ3v) is 5.75. The van der Waals surface area contributed by atoms with Gasteiger partial charge in [-0.1, -0.05) is 17.7 Å². The van der Waals surface area contributed by atoms with Crippen molar-refractivity contribution in [3.05, 3.63) is 81.0 Å². The molecule has 0 bridgehead atoms. The fourth-order valence-electron chi connectivity index (χ4n) is 3.95. The lowest BCUT2D eigenvalue weighted by Crippen LogP contribution is -2.22. The molecular formula is C24H15ClO7. The van der Waals surface area contributed by atoms with Crippen LogP contribution in [0.3, 0.4) is 0 Å². The van der Waals surface area contributed by atoms with Crippen molar-refractivity contribution in [2.24, 2.45) is 0 Å². The van der Waals surface area contributed by atoms with E-state index in [1.807, 2.05) is 0 Å². The number of hydrogen-bond donors (Lipinski definition) is 3. The van der Waals surface area contributed by atoms with Gasteiger partial charge in [0.05, 0.1) is 11.4 Å². The fraction of sp³-hybridized carbons (Fsp3) is 0.0833. The van der Waals surface area contributed by atoms with Crippen LogP contribution >= 0.6 is 11.6 Å². The third-order valence-electron chi connectivity index (χ3n) is 5.45. The summed E-state index contributed by atoms with van der Waals surface area (Å²) in [5.74, 6) is -1.25. The largest absolute Gasteiger partial charge is 0.508 e. The van der Waals surface area contributed by atoms with E-state index in [2.05, 4.69) is 0 Å². The minimum absolute atomic E-state index is 0.0425. The summed E-state index contributed by atoms with van der Waals surface area (Å²) in [6.45, 7) is 0. The van der Waals surface area contributed by atoms with Crippen molar-refractivity contribution in [2.75, 3.05) is 0 Å². The van der Waals surface area contributed by atoms with Crippen LogP contribution in [0.4, 0.5) is 0 Å². The number of benzene rings is 3. The van der Waals surface area contributed by atoms with Crippen LogP contribution in [0.15, 0.2) is 63.8 Å². The van der Waals surface area contributed by atoms with Crippen LogP contribution in [0.2, 0.25) is 5.02 Å². The molecule has 160 valence electrons. The Morgan fingerprint density at radius 3 is 2.38 bits per heavy atom. The van der Waals surface area contributed by atoms with Crippen LogP contribution in [-0.2, 0) is 4.79 Å². The van der Waals surface area contributed by atoms with Gasteiger partial charge in [0, 0.05) is 29.2 Å². The zero-order valence-corrected chi connectivity index (χ0v) is 17.1. The minimum atomic E-state index is -0.592. The second-order valence-corrected chi connectivity index (χ2v) is 7.88. The van der Waals surface area contributed by atoms with Crippen LogP contribution in [0.25, 0.3) is 22.3 Å². The van der Waals surface area contributed by atoms with Crippen molar-refractivity contribution >= 4 is 28.5 Å². The van der Waals surface area contributed by atoms with Crippen LogP contribution in [0, 0.1) is 0 Å². The van der Waals surface area contributed by atoms with E-state index in [9.17, 15) is 24.9 Å². The first-order valence-electron chi connectivity index (χ1n) is 9.64. The van der Waals surface area contributed by atoms with E-state index < -0.39 is 17.3 Å². The zero-order valence-electron chi connectivity index (χ0n) is 16.3. The lowest BCUT2D eigenvalue weighted by atomic mass is 9.85. The summed E-state index contributed by atoms with van der Waals surface area (Å²) in [7, 11) is 0. The quantitative estimate of drug-likeness (QED) is 0.300. The molecule has 2 heterocycles. The minimum Gasteiger partial charge on any atom is -0.508 e. The van der Waals surface area contributed by atoms with Gasteiger partial charge in [0.25, 0.3) is 0 Å². The molecule has 7 nitrogen and oxygen atoms in total. The number of ether oxygens (including phenoxy) is 1. The van der Waals surface area contributed by atoms with E-state index in [1.165, 1.54) is 36.4 Å². The number of halogens is 1. The second-order valence-electron chi connectivity index (χ2n) is 7.48. The van der Waals surface area contributed by atoms with Gasteiger partial charge in [-0.2, -0.15) is 0 Å². The first kappa shape index (κ1) is 20.0. The Hall–Kier alpha value is -3.97. The van der Waals surface area contributed by atoms with Crippen molar-refractivity contribution in [2.45, 2.75) is 12.3 Å². The Morgan fingerprint density at radius 1 is 0.906 bits per heavy atom. The lowest BCUT2D eigenvalue weighted by molar-refractivity contribution is -0.135. The molecule has 32 heavy (non-hydrogen) atoms. The summed E-state index contributed by atoms with van der Waals surface area (Å²) >= 11 is 6.08. The maximum Gasteiger partial charge on any atom is 0.312 e. The van der Waals surface area contributed by atoms with Gasteiger partial charge in [-0.15, -0.1) is 0 Å². The maximum atomic E-state index is 12.9. The van der Waals surface area contributed by atoms with Gasteiger partial charge in [-0.05, 0) is 42.0 Å². The number of esters is 1. The highest BCUT2D eigenvalue weighted by Gasteiger charge is 2.33. The van der Waals surface area contributed by atoms with Crippen molar-refractivity contribution in [1.29, 1.82) is 0 Å². The van der Waals surface area contributed by atoms with Gasteiger partial charge in [0.2, 0.25) is 0 Å². The summed E-state index contributed by atoms with van der Waals surface area (Å²) < 4.78 is 11.4. The van der Waals surface area contributed by atoms with E-state index in [0.717, 1.165) is 0 Å². The van der Waals surface area contributed by atoms with E-state index >= 15 is 0 Å². The number of phenolic OH excluding ortho intramolecular Hbond substituents is 3. The SMILES string of the molecule is O=C1CC(c2ccc(O)c(Cl)c2)c2c(cc(O)c3c(=O)cc(-c4ccc(O)cc4)oc23)O1. The summed E-state index contributed by atoms with van der Waals surface area (Å²) in [5, 5.41) is 29.9.